The first kappa shape index (κ1) is 16.9. The lowest BCUT2D eigenvalue weighted by Crippen LogP contribution is -2.16. The topological polar surface area (TPSA) is 64.9 Å². The lowest BCUT2D eigenvalue weighted by molar-refractivity contribution is 0.349. The number of benzene rings is 1. The first-order valence-corrected chi connectivity index (χ1v) is 7.01. The van der Waals surface area contributed by atoms with Crippen molar-refractivity contribution in [3.63, 3.8) is 0 Å². The van der Waals surface area contributed by atoms with Crippen molar-refractivity contribution in [1.29, 1.82) is 0 Å². The highest BCUT2D eigenvalue weighted by Crippen LogP contribution is 2.25. The molecule has 7 heteroatoms. The van der Waals surface area contributed by atoms with Crippen molar-refractivity contribution in [1.82, 2.24) is 10.2 Å². The number of aromatic nitrogens is 2. The van der Waals surface area contributed by atoms with Crippen molar-refractivity contribution in [3.8, 4) is 0 Å². The van der Waals surface area contributed by atoms with Gasteiger partial charge in [0.25, 0.3) is 5.22 Å². The summed E-state index contributed by atoms with van der Waals surface area (Å²) in [7, 11) is 0. The highest BCUT2D eigenvalue weighted by molar-refractivity contribution is 7.98. The average Bonchev–Trinajstić information content (AvgIpc) is 2.86. The van der Waals surface area contributed by atoms with Crippen molar-refractivity contribution in [2.75, 3.05) is 0 Å². The standard InChI is InChI=1S/C13H16FN3OS.ClH/c1-8(2)11(15)12-16-17-13(18-12)19-7-9-3-5-10(14)6-4-9;/h3-6,8,11H,7,15H2,1-2H3;1H/t11-;/m0./s1. The smallest absolute Gasteiger partial charge is 0.276 e. The molecule has 2 rings (SSSR count). The van der Waals surface area contributed by atoms with Crippen LogP contribution in [0.2, 0.25) is 0 Å². The van der Waals surface area contributed by atoms with Gasteiger partial charge in [-0.15, -0.1) is 22.6 Å². The van der Waals surface area contributed by atoms with Crippen LogP contribution >= 0.6 is 24.2 Å². The van der Waals surface area contributed by atoms with Crippen LogP contribution in [0.3, 0.4) is 0 Å². The van der Waals surface area contributed by atoms with E-state index in [1.807, 2.05) is 13.8 Å². The SMILES string of the molecule is CC(C)[C@H](N)c1nnc(SCc2ccc(F)cc2)o1.Cl. The molecule has 2 aromatic rings. The molecule has 0 aliphatic carbocycles. The van der Waals surface area contributed by atoms with Gasteiger partial charge in [-0.1, -0.05) is 37.7 Å². The second-order valence-corrected chi connectivity index (χ2v) is 5.52. The summed E-state index contributed by atoms with van der Waals surface area (Å²) in [5.41, 5.74) is 6.93. The summed E-state index contributed by atoms with van der Waals surface area (Å²) in [4.78, 5) is 0. The molecule has 0 saturated heterocycles. The molecule has 2 N–H and O–H groups in total. The lowest BCUT2D eigenvalue weighted by Gasteiger charge is -2.09. The summed E-state index contributed by atoms with van der Waals surface area (Å²) in [5.74, 6) is 1.11. The van der Waals surface area contributed by atoms with E-state index < -0.39 is 0 Å². The van der Waals surface area contributed by atoms with Gasteiger partial charge in [-0.2, -0.15) is 0 Å². The molecule has 0 unspecified atom stereocenters. The molecule has 0 aliphatic rings. The van der Waals surface area contributed by atoms with Crippen molar-refractivity contribution >= 4 is 24.2 Å². The Morgan fingerprint density at radius 1 is 1.25 bits per heavy atom. The van der Waals surface area contributed by atoms with Crippen LogP contribution in [0.15, 0.2) is 33.9 Å². The maximum absolute atomic E-state index is 12.8. The quantitative estimate of drug-likeness (QED) is 0.854. The van der Waals surface area contributed by atoms with E-state index in [9.17, 15) is 4.39 Å². The van der Waals surface area contributed by atoms with Crippen LogP contribution in [-0.2, 0) is 5.75 Å². The summed E-state index contributed by atoms with van der Waals surface area (Å²) in [6, 6.07) is 6.10. The number of nitrogens with two attached hydrogens (primary N) is 1. The maximum atomic E-state index is 12.8. The first-order chi connectivity index (χ1) is 9.06. The second kappa shape index (κ2) is 7.61. The Bertz CT molecular complexity index is 533. The predicted molar refractivity (Wildman–Crippen MR) is 79.3 cm³/mol. The largest absolute Gasteiger partial charge is 0.414 e. The Morgan fingerprint density at radius 3 is 2.50 bits per heavy atom. The third-order valence-electron chi connectivity index (χ3n) is 2.70. The van der Waals surface area contributed by atoms with E-state index in [1.165, 1.54) is 23.9 Å². The molecule has 1 atom stereocenters. The zero-order valence-electron chi connectivity index (χ0n) is 11.2. The van der Waals surface area contributed by atoms with Gasteiger partial charge in [0, 0.05) is 5.75 Å². The van der Waals surface area contributed by atoms with Crippen LogP contribution in [0.1, 0.15) is 31.3 Å². The molecule has 20 heavy (non-hydrogen) atoms. The first-order valence-electron chi connectivity index (χ1n) is 6.02. The third kappa shape index (κ3) is 4.47. The van der Waals surface area contributed by atoms with Crippen LogP contribution in [-0.4, -0.2) is 10.2 Å². The van der Waals surface area contributed by atoms with Crippen molar-refractivity contribution in [3.05, 3.63) is 41.5 Å². The van der Waals surface area contributed by atoms with Gasteiger partial charge in [0.2, 0.25) is 5.89 Å². The lowest BCUT2D eigenvalue weighted by atomic mass is 10.1. The molecule has 110 valence electrons. The third-order valence-corrected chi connectivity index (χ3v) is 3.59. The van der Waals surface area contributed by atoms with Crippen molar-refractivity contribution in [2.24, 2.45) is 11.7 Å². The highest BCUT2D eigenvalue weighted by Gasteiger charge is 2.17. The Labute approximate surface area is 127 Å². The van der Waals surface area contributed by atoms with Gasteiger partial charge >= 0.3 is 0 Å². The fourth-order valence-corrected chi connectivity index (χ4v) is 2.15. The van der Waals surface area contributed by atoms with Crippen LogP contribution in [0.25, 0.3) is 0 Å². The van der Waals surface area contributed by atoms with E-state index in [4.69, 9.17) is 10.2 Å². The normalized spacial score (nSPS) is 12.2. The van der Waals surface area contributed by atoms with E-state index in [0.29, 0.717) is 16.9 Å². The number of hydrogen-bond donors (Lipinski definition) is 1. The van der Waals surface area contributed by atoms with E-state index in [2.05, 4.69) is 10.2 Å². The van der Waals surface area contributed by atoms with Crippen molar-refractivity contribution in [2.45, 2.75) is 30.9 Å². The molecule has 1 aromatic carbocycles. The van der Waals surface area contributed by atoms with Crippen LogP contribution < -0.4 is 5.73 Å². The van der Waals surface area contributed by atoms with Gasteiger partial charge in [-0.25, -0.2) is 4.39 Å². The predicted octanol–water partition coefficient (Wildman–Crippen LogP) is 3.58. The molecule has 0 spiro atoms. The summed E-state index contributed by atoms with van der Waals surface area (Å²) < 4.78 is 18.3. The minimum absolute atomic E-state index is 0. The molecule has 0 saturated carbocycles. The number of nitrogens with zero attached hydrogens (tertiary/aromatic N) is 2. The van der Waals surface area contributed by atoms with E-state index in [1.54, 1.807) is 12.1 Å². The van der Waals surface area contributed by atoms with Gasteiger partial charge in [-0.05, 0) is 23.6 Å². The van der Waals surface area contributed by atoms with Crippen LogP contribution in [0, 0.1) is 11.7 Å². The minimum atomic E-state index is -0.243. The number of hydrogen-bond acceptors (Lipinski definition) is 5. The molecule has 0 bridgehead atoms. The Hall–Kier alpha value is -1.11. The number of thioether (sulfide) groups is 1. The van der Waals surface area contributed by atoms with Gasteiger partial charge in [0.15, 0.2) is 0 Å². The zero-order chi connectivity index (χ0) is 13.8. The molecule has 0 amide bonds. The van der Waals surface area contributed by atoms with Crippen molar-refractivity contribution < 1.29 is 8.81 Å². The number of rotatable bonds is 5. The van der Waals surface area contributed by atoms with Crippen LogP contribution in [0.5, 0.6) is 0 Å². The minimum Gasteiger partial charge on any atom is -0.414 e. The zero-order valence-corrected chi connectivity index (χ0v) is 12.9. The fraction of sp³-hybridized carbons (Fsp3) is 0.385. The van der Waals surface area contributed by atoms with Crippen LogP contribution in [0.4, 0.5) is 4.39 Å². The van der Waals surface area contributed by atoms with E-state index in [0.717, 1.165) is 5.56 Å². The molecule has 1 aromatic heterocycles. The van der Waals surface area contributed by atoms with Gasteiger partial charge in [-0.3, -0.25) is 0 Å². The van der Waals surface area contributed by atoms with Gasteiger partial charge in [0.1, 0.15) is 5.82 Å². The maximum Gasteiger partial charge on any atom is 0.276 e. The Balaban J connectivity index is 0.00000200. The monoisotopic (exact) mass is 317 g/mol. The second-order valence-electron chi connectivity index (χ2n) is 4.59. The Morgan fingerprint density at radius 2 is 1.90 bits per heavy atom. The molecule has 0 fully saturated rings. The summed E-state index contributed by atoms with van der Waals surface area (Å²) in [6.45, 7) is 4.00. The van der Waals surface area contributed by atoms with E-state index >= 15 is 0 Å². The fourth-order valence-electron chi connectivity index (χ4n) is 1.42. The summed E-state index contributed by atoms with van der Waals surface area (Å²) in [5, 5.41) is 8.37. The van der Waals surface area contributed by atoms with Gasteiger partial charge in [0.05, 0.1) is 6.04 Å². The molecule has 0 radical (unpaired) electrons. The Kier molecular flexibility index (Phi) is 6.45. The average molecular weight is 318 g/mol. The molecule has 0 aliphatic heterocycles. The summed E-state index contributed by atoms with van der Waals surface area (Å²) in [6.07, 6.45) is 0. The molecule has 4 nitrogen and oxygen atoms in total. The molecular formula is C13H17ClFN3OS. The highest BCUT2D eigenvalue weighted by atomic mass is 35.5. The van der Waals surface area contributed by atoms with Gasteiger partial charge < -0.3 is 10.2 Å². The summed E-state index contributed by atoms with van der Waals surface area (Å²) >= 11 is 1.41. The molecule has 1 heterocycles. The molecular weight excluding hydrogens is 301 g/mol. The van der Waals surface area contributed by atoms with E-state index in [-0.39, 0.29) is 30.2 Å². The number of halogens is 2.